The second-order valence-electron chi connectivity index (χ2n) is 6.14. The van der Waals surface area contributed by atoms with Crippen LogP contribution in [0.3, 0.4) is 0 Å². The van der Waals surface area contributed by atoms with Gasteiger partial charge >= 0.3 is 5.69 Å². The summed E-state index contributed by atoms with van der Waals surface area (Å²) in [5.41, 5.74) is -0.565. The van der Waals surface area contributed by atoms with E-state index in [2.05, 4.69) is 5.32 Å². The van der Waals surface area contributed by atoms with E-state index in [-0.39, 0.29) is 27.8 Å². The molecular formula is C19H19Cl2N3O7. The van der Waals surface area contributed by atoms with Crippen LogP contribution in [0.2, 0.25) is 10.0 Å². The minimum Gasteiger partial charge on any atom is -0.493 e. The number of nitro groups is 1. The van der Waals surface area contributed by atoms with E-state index < -0.39 is 29.0 Å². The highest BCUT2D eigenvalue weighted by Gasteiger charge is 2.34. The SMILES string of the molecule is COc1cc(C(=O)N(C)CC(=O)Nc2ccc(Cl)c(Cl)c2)c([N+](=O)[O-])c(OC)c1OC. The number of carbonyl (C=O) groups excluding carboxylic acids is 2. The Hall–Kier alpha value is -3.24. The molecular weight excluding hydrogens is 453 g/mol. The Morgan fingerprint density at radius 2 is 1.71 bits per heavy atom. The van der Waals surface area contributed by atoms with Crippen molar-refractivity contribution in [1.82, 2.24) is 4.90 Å². The average Bonchev–Trinajstić information content (AvgIpc) is 2.73. The van der Waals surface area contributed by atoms with Crippen LogP contribution in [0.1, 0.15) is 10.4 Å². The van der Waals surface area contributed by atoms with E-state index in [0.717, 1.165) is 11.0 Å². The zero-order valence-electron chi connectivity index (χ0n) is 17.0. The van der Waals surface area contributed by atoms with Gasteiger partial charge in [-0.25, -0.2) is 0 Å². The summed E-state index contributed by atoms with van der Waals surface area (Å²) in [6, 6.07) is 5.66. The Bertz CT molecular complexity index is 1030. The first-order chi connectivity index (χ1) is 14.6. The molecule has 0 saturated heterocycles. The Morgan fingerprint density at radius 1 is 1.06 bits per heavy atom. The molecule has 0 fully saturated rings. The number of amides is 2. The van der Waals surface area contributed by atoms with Crippen molar-refractivity contribution in [2.24, 2.45) is 0 Å². The van der Waals surface area contributed by atoms with Crippen molar-refractivity contribution in [3.8, 4) is 17.2 Å². The summed E-state index contributed by atoms with van der Waals surface area (Å²) in [6.07, 6.45) is 0. The van der Waals surface area contributed by atoms with Crippen molar-refractivity contribution in [2.75, 3.05) is 40.2 Å². The summed E-state index contributed by atoms with van der Waals surface area (Å²) in [7, 11) is 5.12. The van der Waals surface area contributed by atoms with Gasteiger partial charge in [0.15, 0.2) is 5.75 Å². The lowest BCUT2D eigenvalue weighted by Crippen LogP contribution is -2.35. The number of benzene rings is 2. The van der Waals surface area contributed by atoms with Crippen molar-refractivity contribution in [1.29, 1.82) is 0 Å². The van der Waals surface area contributed by atoms with E-state index in [9.17, 15) is 19.7 Å². The fraction of sp³-hybridized carbons (Fsp3) is 0.263. The molecule has 2 rings (SSSR count). The van der Waals surface area contributed by atoms with Crippen LogP contribution in [0.15, 0.2) is 24.3 Å². The molecule has 0 bridgehead atoms. The zero-order chi connectivity index (χ0) is 23.3. The van der Waals surface area contributed by atoms with E-state index in [1.807, 2.05) is 0 Å². The normalized spacial score (nSPS) is 10.3. The molecule has 0 unspecified atom stereocenters. The van der Waals surface area contributed by atoms with Gasteiger partial charge in [0.25, 0.3) is 5.91 Å². The van der Waals surface area contributed by atoms with Gasteiger partial charge in [0.05, 0.1) is 42.8 Å². The van der Waals surface area contributed by atoms with Crippen molar-refractivity contribution in [3.05, 3.63) is 50.0 Å². The van der Waals surface area contributed by atoms with Crippen molar-refractivity contribution in [3.63, 3.8) is 0 Å². The highest BCUT2D eigenvalue weighted by Crippen LogP contribution is 2.46. The van der Waals surface area contributed by atoms with Gasteiger partial charge in [0.1, 0.15) is 5.56 Å². The Kier molecular flexibility index (Phi) is 7.89. The van der Waals surface area contributed by atoms with Crippen LogP contribution in [-0.2, 0) is 4.79 Å². The van der Waals surface area contributed by atoms with Crippen LogP contribution in [0.4, 0.5) is 11.4 Å². The van der Waals surface area contributed by atoms with Gasteiger partial charge in [-0.1, -0.05) is 23.2 Å². The molecule has 0 spiro atoms. The predicted molar refractivity (Wildman–Crippen MR) is 115 cm³/mol. The van der Waals surface area contributed by atoms with Crippen molar-refractivity contribution >= 4 is 46.4 Å². The lowest BCUT2D eigenvalue weighted by molar-refractivity contribution is -0.386. The largest absolute Gasteiger partial charge is 0.493 e. The topological polar surface area (TPSA) is 120 Å². The van der Waals surface area contributed by atoms with Crippen LogP contribution >= 0.6 is 23.2 Å². The number of nitrogens with zero attached hydrogens (tertiary/aromatic N) is 2. The lowest BCUT2D eigenvalue weighted by Gasteiger charge is -2.19. The Morgan fingerprint density at radius 3 is 2.23 bits per heavy atom. The van der Waals surface area contributed by atoms with Crippen LogP contribution in [-0.4, -0.2) is 56.6 Å². The third kappa shape index (κ3) is 5.28. The molecule has 0 radical (unpaired) electrons. The van der Waals surface area contributed by atoms with Gasteiger partial charge in [-0.3, -0.25) is 19.7 Å². The first-order valence-corrected chi connectivity index (χ1v) is 9.37. The fourth-order valence-corrected chi connectivity index (χ4v) is 3.05. The lowest BCUT2D eigenvalue weighted by atomic mass is 10.1. The van der Waals surface area contributed by atoms with Gasteiger partial charge in [-0.2, -0.15) is 0 Å². The fourth-order valence-electron chi connectivity index (χ4n) is 2.75. The van der Waals surface area contributed by atoms with Gasteiger partial charge in [0.2, 0.25) is 17.4 Å². The molecule has 0 atom stereocenters. The maximum Gasteiger partial charge on any atom is 0.327 e. The quantitative estimate of drug-likeness (QED) is 0.460. The van der Waals surface area contributed by atoms with Gasteiger partial charge in [-0.05, 0) is 18.2 Å². The maximum absolute atomic E-state index is 12.9. The number of halogens is 2. The highest BCUT2D eigenvalue weighted by molar-refractivity contribution is 6.42. The number of rotatable bonds is 8. The summed E-state index contributed by atoms with van der Waals surface area (Å²) in [5, 5.41) is 14.8. The van der Waals surface area contributed by atoms with Crippen molar-refractivity contribution in [2.45, 2.75) is 0 Å². The number of nitro benzene ring substituents is 1. The monoisotopic (exact) mass is 471 g/mol. The first kappa shape index (κ1) is 24.0. The molecule has 0 aromatic heterocycles. The third-order valence-electron chi connectivity index (χ3n) is 4.15. The number of anilines is 1. The summed E-state index contributed by atoms with van der Waals surface area (Å²) in [4.78, 5) is 37.2. The summed E-state index contributed by atoms with van der Waals surface area (Å²) >= 11 is 11.8. The number of methoxy groups -OCH3 is 3. The zero-order valence-corrected chi connectivity index (χ0v) is 18.5. The smallest absolute Gasteiger partial charge is 0.327 e. The second kappa shape index (κ2) is 10.2. The third-order valence-corrected chi connectivity index (χ3v) is 4.89. The maximum atomic E-state index is 12.9. The van der Waals surface area contributed by atoms with Gasteiger partial charge in [-0.15, -0.1) is 0 Å². The number of nitrogens with one attached hydrogen (secondary N) is 1. The molecule has 0 saturated carbocycles. The molecule has 10 nitrogen and oxygen atoms in total. The summed E-state index contributed by atoms with van der Waals surface area (Å²) < 4.78 is 15.4. The number of likely N-dealkylation sites (N-methyl/N-ethyl adjacent to an activating group) is 1. The molecule has 1 N–H and O–H groups in total. The van der Waals surface area contributed by atoms with Crippen LogP contribution in [0.25, 0.3) is 0 Å². The molecule has 2 aromatic carbocycles. The molecule has 2 aromatic rings. The van der Waals surface area contributed by atoms with E-state index in [1.165, 1.54) is 46.6 Å². The molecule has 0 aliphatic carbocycles. The number of hydrogen-bond acceptors (Lipinski definition) is 7. The van der Waals surface area contributed by atoms with E-state index in [4.69, 9.17) is 37.4 Å². The van der Waals surface area contributed by atoms with E-state index in [0.29, 0.717) is 10.7 Å². The highest BCUT2D eigenvalue weighted by atomic mass is 35.5. The molecule has 12 heteroatoms. The molecule has 0 heterocycles. The van der Waals surface area contributed by atoms with E-state index >= 15 is 0 Å². The number of hydrogen-bond donors (Lipinski definition) is 1. The molecule has 2 amide bonds. The second-order valence-corrected chi connectivity index (χ2v) is 6.95. The molecule has 166 valence electrons. The summed E-state index contributed by atoms with van der Waals surface area (Å²) in [6.45, 7) is -0.396. The van der Waals surface area contributed by atoms with Crippen LogP contribution in [0.5, 0.6) is 17.2 Å². The predicted octanol–water partition coefficient (Wildman–Crippen LogP) is 3.64. The van der Waals surface area contributed by atoms with Gasteiger partial charge in [0, 0.05) is 18.8 Å². The van der Waals surface area contributed by atoms with Crippen molar-refractivity contribution < 1.29 is 28.7 Å². The minimum absolute atomic E-state index is 0.0340. The molecule has 0 aliphatic heterocycles. The molecule has 31 heavy (non-hydrogen) atoms. The van der Waals surface area contributed by atoms with Gasteiger partial charge < -0.3 is 24.4 Å². The van der Waals surface area contributed by atoms with Crippen LogP contribution < -0.4 is 19.5 Å². The Balaban J connectivity index is 2.33. The van der Waals surface area contributed by atoms with E-state index in [1.54, 1.807) is 0 Å². The average molecular weight is 472 g/mol. The standard InChI is InChI=1S/C19H19Cl2N3O7/c1-23(9-15(25)22-10-5-6-12(20)13(21)7-10)19(26)11-8-14(29-2)17(30-3)18(31-4)16(11)24(27)28/h5-8H,9H2,1-4H3,(H,22,25). The van der Waals surface area contributed by atoms with Crippen LogP contribution in [0, 0.1) is 10.1 Å². The first-order valence-electron chi connectivity index (χ1n) is 8.62. The minimum atomic E-state index is -0.796. The molecule has 0 aliphatic rings. The number of ether oxygens (including phenoxy) is 3. The summed E-state index contributed by atoms with van der Waals surface area (Å²) in [5.74, 6) is -1.60. The Labute approximate surface area is 187 Å². The number of carbonyl (C=O) groups is 2.